The van der Waals surface area contributed by atoms with E-state index in [4.69, 9.17) is 10.2 Å². The molecule has 1 aromatic carbocycles. The molecule has 0 bridgehead atoms. The maximum absolute atomic E-state index is 8.90. The van der Waals surface area contributed by atoms with E-state index in [1.807, 2.05) is 26.8 Å². The molecule has 0 unspecified atom stereocenters. The molecule has 0 amide bonds. The molecule has 0 aliphatic rings. The Kier molecular flexibility index (Phi) is 22.5. The third-order valence-corrected chi connectivity index (χ3v) is 2.55. The van der Waals surface area contributed by atoms with Gasteiger partial charge in [0.2, 0.25) is 0 Å². The molecule has 3 heteroatoms. The summed E-state index contributed by atoms with van der Waals surface area (Å²) in [5.74, 6) is 0. The summed E-state index contributed by atoms with van der Waals surface area (Å²) in [6.07, 6.45) is 2.85. The van der Waals surface area contributed by atoms with Crippen LogP contribution in [0.5, 0.6) is 0 Å². The Labute approximate surface area is 163 Å². The lowest BCUT2D eigenvalue weighted by molar-refractivity contribution is 0.102. The Morgan fingerprint density at radius 3 is 1.85 bits per heavy atom. The van der Waals surface area contributed by atoms with Gasteiger partial charge in [0.1, 0.15) is 0 Å². The van der Waals surface area contributed by atoms with Crippen LogP contribution >= 0.6 is 0 Å². The van der Waals surface area contributed by atoms with Crippen molar-refractivity contribution in [3.63, 3.8) is 0 Å². The maximum Gasteiger partial charge on any atom is 0.0563 e. The largest absolute Gasteiger partial charge is 0.395 e. The highest BCUT2D eigenvalue weighted by atomic mass is 16.3. The third kappa shape index (κ3) is 30.5. The van der Waals surface area contributed by atoms with E-state index in [1.54, 1.807) is 26.8 Å². The number of aliphatic hydroxyl groups is 2. The summed E-state index contributed by atoms with van der Waals surface area (Å²) in [6, 6.07) is 10.4. The Bertz CT molecular complexity index is 410. The predicted octanol–water partition coefficient (Wildman–Crippen LogP) is 5.44. The fraction of sp³-hybridized carbons (Fsp3) is 0.565. The second kappa shape index (κ2) is 19.9. The topological polar surface area (TPSA) is 43.7 Å². The van der Waals surface area contributed by atoms with E-state index in [0.717, 1.165) is 31.6 Å². The number of hydrogen-bond donors (Lipinski definition) is 2. The SMILES string of the molecule is C=CC(=C)C.CC.CC(C)(C)O.CCCN(CCO)Cc1ccccc1. The number of rotatable bonds is 7. The zero-order valence-corrected chi connectivity index (χ0v) is 18.3. The molecular weight excluding hydrogens is 322 g/mol. The zero-order valence-electron chi connectivity index (χ0n) is 18.3. The number of aliphatic hydroxyl groups excluding tert-OH is 1. The molecule has 0 saturated carbocycles. The van der Waals surface area contributed by atoms with Gasteiger partial charge < -0.3 is 10.2 Å². The molecule has 0 spiro atoms. The lowest BCUT2D eigenvalue weighted by Crippen LogP contribution is -2.27. The minimum atomic E-state index is -0.500. The summed E-state index contributed by atoms with van der Waals surface area (Å²) >= 11 is 0. The van der Waals surface area contributed by atoms with Crippen molar-refractivity contribution in [2.75, 3.05) is 19.7 Å². The van der Waals surface area contributed by atoms with Crippen molar-refractivity contribution in [2.24, 2.45) is 0 Å². The van der Waals surface area contributed by atoms with Crippen molar-refractivity contribution in [2.45, 2.75) is 67.0 Å². The Morgan fingerprint density at radius 2 is 1.54 bits per heavy atom. The van der Waals surface area contributed by atoms with Gasteiger partial charge in [0.05, 0.1) is 12.2 Å². The van der Waals surface area contributed by atoms with Gasteiger partial charge in [-0.1, -0.05) is 75.9 Å². The van der Waals surface area contributed by atoms with Crippen molar-refractivity contribution >= 4 is 0 Å². The molecule has 26 heavy (non-hydrogen) atoms. The van der Waals surface area contributed by atoms with Crippen LogP contribution in [0.4, 0.5) is 0 Å². The van der Waals surface area contributed by atoms with E-state index in [0.29, 0.717) is 0 Å². The van der Waals surface area contributed by atoms with E-state index >= 15 is 0 Å². The first-order valence-electron chi connectivity index (χ1n) is 9.51. The standard InChI is InChI=1S/C12H19NO.C5H8.C4H10O.C2H6/c1-2-8-13(9-10-14)11-12-6-4-3-5-7-12;1-4-5(2)3;1-4(2,3)5;1-2/h3-7,14H,2,8-11H2,1H3;4H,1-2H2,3H3;5H,1-3H3;1-2H3. The molecule has 0 fully saturated rings. The average Bonchev–Trinajstić information content (AvgIpc) is 2.57. The summed E-state index contributed by atoms with van der Waals surface area (Å²) in [7, 11) is 0. The van der Waals surface area contributed by atoms with Crippen LogP contribution in [-0.2, 0) is 6.54 Å². The van der Waals surface area contributed by atoms with Gasteiger partial charge in [-0.05, 0) is 46.2 Å². The van der Waals surface area contributed by atoms with Crippen LogP contribution in [0.1, 0.15) is 60.5 Å². The van der Waals surface area contributed by atoms with Crippen molar-refractivity contribution in [1.82, 2.24) is 4.90 Å². The molecule has 3 nitrogen and oxygen atoms in total. The van der Waals surface area contributed by atoms with Crippen LogP contribution in [0.3, 0.4) is 0 Å². The van der Waals surface area contributed by atoms with E-state index in [2.05, 4.69) is 49.2 Å². The molecule has 0 heterocycles. The highest BCUT2D eigenvalue weighted by Gasteiger charge is 2.03. The van der Waals surface area contributed by atoms with Crippen LogP contribution in [0, 0.1) is 0 Å². The Balaban J connectivity index is -0.000000366. The van der Waals surface area contributed by atoms with Crippen LogP contribution < -0.4 is 0 Å². The van der Waals surface area contributed by atoms with E-state index in [9.17, 15) is 0 Å². The van der Waals surface area contributed by atoms with Crippen molar-refractivity contribution < 1.29 is 10.2 Å². The van der Waals surface area contributed by atoms with Crippen LogP contribution in [0.15, 0.2) is 55.1 Å². The highest BCUT2D eigenvalue weighted by Crippen LogP contribution is 2.04. The fourth-order valence-corrected chi connectivity index (χ4v) is 1.57. The van der Waals surface area contributed by atoms with Gasteiger partial charge >= 0.3 is 0 Å². The normalized spacial score (nSPS) is 9.62. The van der Waals surface area contributed by atoms with Gasteiger partial charge in [-0.3, -0.25) is 4.90 Å². The first-order valence-corrected chi connectivity index (χ1v) is 9.51. The number of benzene rings is 1. The molecule has 0 atom stereocenters. The molecule has 0 radical (unpaired) electrons. The van der Waals surface area contributed by atoms with Crippen molar-refractivity contribution in [3.05, 3.63) is 60.7 Å². The summed E-state index contributed by atoms with van der Waals surface area (Å²) in [6.45, 7) is 23.3. The molecule has 2 N–H and O–H groups in total. The Morgan fingerprint density at radius 1 is 1.12 bits per heavy atom. The first-order chi connectivity index (χ1) is 12.1. The van der Waals surface area contributed by atoms with Crippen LogP contribution in [0.25, 0.3) is 0 Å². The summed E-state index contributed by atoms with van der Waals surface area (Å²) < 4.78 is 0. The van der Waals surface area contributed by atoms with Gasteiger partial charge in [0, 0.05) is 13.1 Å². The van der Waals surface area contributed by atoms with E-state index in [1.165, 1.54) is 5.56 Å². The second-order valence-corrected chi connectivity index (χ2v) is 6.71. The van der Waals surface area contributed by atoms with Gasteiger partial charge in [-0.25, -0.2) is 0 Å². The smallest absolute Gasteiger partial charge is 0.0563 e. The summed E-state index contributed by atoms with van der Waals surface area (Å²) in [5.41, 5.74) is 1.83. The lowest BCUT2D eigenvalue weighted by atomic mass is 10.2. The quantitative estimate of drug-likeness (QED) is 0.632. The molecule has 152 valence electrons. The zero-order chi connectivity index (χ0) is 21.0. The highest BCUT2D eigenvalue weighted by molar-refractivity contribution is 5.14. The van der Waals surface area contributed by atoms with E-state index < -0.39 is 5.60 Å². The van der Waals surface area contributed by atoms with Crippen molar-refractivity contribution in [3.8, 4) is 0 Å². The molecule has 0 saturated heterocycles. The molecule has 0 aromatic heterocycles. The van der Waals surface area contributed by atoms with Gasteiger partial charge in [0.15, 0.2) is 0 Å². The van der Waals surface area contributed by atoms with Crippen LogP contribution in [-0.4, -0.2) is 40.4 Å². The number of nitrogens with zero attached hydrogens (tertiary/aromatic N) is 1. The van der Waals surface area contributed by atoms with Gasteiger partial charge in [-0.15, -0.1) is 0 Å². The summed E-state index contributed by atoms with van der Waals surface area (Å²) in [5, 5.41) is 17.4. The Hall–Kier alpha value is -1.42. The molecule has 1 rings (SSSR count). The monoisotopic (exact) mass is 365 g/mol. The molecule has 0 aliphatic heterocycles. The average molecular weight is 366 g/mol. The van der Waals surface area contributed by atoms with Crippen LogP contribution in [0.2, 0.25) is 0 Å². The lowest BCUT2D eigenvalue weighted by Gasteiger charge is -2.20. The van der Waals surface area contributed by atoms with Crippen molar-refractivity contribution in [1.29, 1.82) is 0 Å². The third-order valence-electron chi connectivity index (χ3n) is 2.55. The minimum absolute atomic E-state index is 0.243. The first kappa shape index (κ1) is 29.3. The number of hydrogen-bond acceptors (Lipinski definition) is 3. The van der Waals surface area contributed by atoms with Gasteiger partial charge in [-0.2, -0.15) is 0 Å². The number of allylic oxidation sites excluding steroid dienone is 2. The fourth-order valence-electron chi connectivity index (χ4n) is 1.57. The summed E-state index contributed by atoms with van der Waals surface area (Å²) in [4.78, 5) is 2.27. The molecular formula is C23H43NO2. The molecule has 1 aromatic rings. The van der Waals surface area contributed by atoms with E-state index in [-0.39, 0.29) is 6.61 Å². The minimum Gasteiger partial charge on any atom is -0.395 e. The van der Waals surface area contributed by atoms with Gasteiger partial charge in [0.25, 0.3) is 0 Å². The second-order valence-electron chi connectivity index (χ2n) is 6.71. The maximum atomic E-state index is 8.90. The predicted molar refractivity (Wildman–Crippen MR) is 117 cm³/mol. The molecule has 0 aliphatic carbocycles.